The van der Waals surface area contributed by atoms with E-state index >= 15 is 0 Å². The number of nitrogens with one attached hydrogen (secondary N) is 2. The predicted molar refractivity (Wildman–Crippen MR) is 94.9 cm³/mol. The lowest BCUT2D eigenvalue weighted by Gasteiger charge is -2.29. The highest BCUT2D eigenvalue weighted by atomic mass is 19.4. The summed E-state index contributed by atoms with van der Waals surface area (Å²) in [6.45, 7) is -0.448. The van der Waals surface area contributed by atoms with Gasteiger partial charge in [0.15, 0.2) is 0 Å². The molecule has 156 valence electrons. The maximum Gasteiger partial charge on any atom is 0.440 e. The van der Waals surface area contributed by atoms with Crippen molar-refractivity contribution in [3.8, 4) is 0 Å². The van der Waals surface area contributed by atoms with Crippen LogP contribution in [0.2, 0.25) is 0 Å². The summed E-state index contributed by atoms with van der Waals surface area (Å²) in [5, 5.41) is 13.8. The summed E-state index contributed by atoms with van der Waals surface area (Å²) < 4.78 is 41.6. The number of nitro groups is 1. The van der Waals surface area contributed by atoms with Crippen LogP contribution in [0.15, 0.2) is 54.6 Å². The van der Waals surface area contributed by atoms with Gasteiger partial charge in [0.05, 0.1) is 11.5 Å². The molecule has 2 N–H and O–H groups in total. The Morgan fingerprint density at radius 3 is 2.40 bits per heavy atom. The number of non-ortho nitro benzene ring substituents is 1. The van der Waals surface area contributed by atoms with Gasteiger partial charge in [0, 0.05) is 17.7 Å². The number of nitro benzene ring substituents is 1. The highest BCUT2D eigenvalue weighted by Crippen LogP contribution is 2.34. The molecule has 1 atom stereocenters. The molecule has 12 heteroatoms. The van der Waals surface area contributed by atoms with E-state index in [9.17, 15) is 37.7 Å². The van der Waals surface area contributed by atoms with Gasteiger partial charge in [-0.2, -0.15) is 13.2 Å². The van der Waals surface area contributed by atoms with E-state index in [1.807, 2.05) is 0 Å². The number of rotatable bonds is 5. The highest BCUT2D eigenvalue weighted by Gasteiger charge is 2.68. The van der Waals surface area contributed by atoms with E-state index in [4.69, 9.17) is 0 Å². The Labute approximate surface area is 166 Å². The molecule has 2 aromatic carbocycles. The number of carbonyl (C=O) groups is 3. The fraction of sp³-hybridized carbons (Fsp3) is 0.167. The van der Waals surface area contributed by atoms with Crippen molar-refractivity contribution in [2.24, 2.45) is 0 Å². The SMILES string of the molecule is O=C(N[C@]1(C(F)(F)F)NC(=O)N(Cc2ccccc2)C1=O)c1cccc([N+](=O)[O-])c1. The van der Waals surface area contributed by atoms with E-state index in [1.54, 1.807) is 18.2 Å². The molecule has 0 bridgehead atoms. The van der Waals surface area contributed by atoms with Crippen LogP contribution in [0.1, 0.15) is 15.9 Å². The van der Waals surface area contributed by atoms with E-state index in [1.165, 1.54) is 22.8 Å². The molecule has 0 unspecified atom stereocenters. The molecule has 3 rings (SSSR count). The van der Waals surface area contributed by atoms with E-state index in [2.05, 4.69) is 0 Å². The molecule has 30 heavy (non-hydrogen) atoms. The summed E-state index contributed by atoms with van der Waals surface area (Å²) in [7, 11) is 0. The zero-order valence-electron chi connectivity index (χ0n) is 15.0. The van der Waals surface area contributed by atoms with Crippen molar-refractivity contribution in [2.45, 2.75) is 18.4 Å². The van der Waals surface area contributed by atoms with Crippen molar-refractivity contribution >= 4 is 23.5 Å². The third kappa shape index (κ3) is 3.66. The van der Waals surface area contributed by atoms with Crippen LogP contribution in [0.4, 0.5) is 23.7 Å². The Hall–Kier alpha value is -3.96. The van der Waals surface area contributed by atoms with Gasteiger partial charge in [0.1, 0.15) is 0 Å². The molecule has 0 spiro atoms. The van der Waals surface area contributed by atoms with Gasteiger partial charge in [-0.1, -0.05) is 36.4 Å². The van der Waals surface area contributed by atoms with E-state index in [0.717, 1.165) is 24.3 Å². The number of halogens is 3. The molecular weight excluding hydrogens is 409 g/mol. The van der Waals surface area contributed by atoms with Gasteiger partial charge in [-0.15, -0.1) is 0 Å². The van der Waals surface area contributed by atoms with Gasteiger partial charge < -0.3 is 5.32 Å². The lowest BCUT2D eigenvalue weighted by Crippen LogP contribution is -2.69. The number of amides is 4. The molecule has 1 heterocycles. The molecule has 4 amide bonds. The monoisotopic (exact) mass is 422 g/mol. The first kappa shape index (κ1) is 20.8. The smallest absolute Gasteiger partial charge is 0.314 e. The molecule has 0 saturated carbocycles. The fourth-order valence-corrected chi connectivity index (χ4v) is 2.84. The minimum atomic E-state index is -5.39. The summed E-state index contributed by atoms with van der Waals surface area (Å²) >= 11 is 0. The highest BCUT2D eigenvalue weighted by molar-refractivity contribution is 6.10. The molecule has 1 aliphatic heterocycles. The van der Waals surface area contributed by atoms with Crippen molar-refractivity contribution in [2.75, 3.05) is 0 Å². The molecule has 1 saturated heterocycles. The quantitative estimate of drug-likeness (QED) is 0.435. The first-order valence-electron chi connectivity index (χ1n) is 8.37. The molecule has 0 radical (unpaired) electrons. The van der Waals surface area contributed by atoms with Gasteiger partial charge in [0.2, 0.25) is 0 Å². The van der Waals surface area contributed by atoms with Crippen LogP contribution in [0.25, 0.3) is 0 Å². The minimum Gasteiger partial charge on any atom is -0.314 e. The lowest BCUT2D eigenvalue weighted by atomic mass is 10.1. The number of imide groups is 1. The summed E-state index contributed by atoms with van der Waals surface area (Å²) in [6.07, 6.45) is -5.39. The zero-order chi connectivity index (χ0) is 22.1. The third-order valence-electron chi connectivity index (χ3n) is 4.33. The molecule has 1 aliphatic rings. The number of benzene rings is 2. The van der Waals surface area contributed by atoms with Crippen molar-refractivity contribution in [3.05, 3.63) is 75.8 Å². The largest absolute Gasteiger partial charge is 0.440 e. The number of urea groups is 1. The second kappa shape index (κ2) is 7.46. The Kier molecular flexibility index (Phi) is 5.16. The molecular formula is C18H13F3N4O5. The average molecular weight is 422 g/mol. The molecule has 0 aliphatic carbocycles. The van der Waals surface area contributed by atoms with Gasteiger partial charge in [0.25, 0.3) is 23.2 Å². The number of alkyl halides is 3. The van der Waals surface area contributed by atoms with E-state index < -0.39 is 52.4 Å². The first-order chi connectivity index (χ1) is 14.0. The minimum absolute atomic E-state index is 0.330. The Balaban J connectivity index is 1.93. The maximum atomic E-state index is 13.9. The number of hydrogen-bond donors (Lipinski definition) is 2. The summed E-state index contributed by atoms with van der Waals surface area (Å²) in [5.41, 5.74) is -4.34. The third-order valence-corrected chi connectivity index (χ3v) is 4.33. The van der Waals surface area contributed by atoms with Crippen LogP contribution < -0.4 is 10.6 Å². The topological polar surface area (TPSA) is 122 Å². The lowest BCUT2D eigenvalue weighted by molar-refractivity contribution is -0.384. The molecule has 1 fully saturated rings. The van der Waals surface area contributed by atoms with Crippen LogP contribution in [0.5, 0.6) is 0 Å². The Morgan fingerprint density at radius 1 is 1.13 bits per heavy atom. The Bertz CT molecular complexity index is 1030. The van der Waals surface area contributed by atoms with Crippen LogP contribution in [0.3, 0.4) is 0 Å². The maximum absolute atomic E-state index is 13.9. The summed E-state index contributed by atoms with van der Waals surface area (Å²) in [5.74, 6) is -3.14. The number of nitrogens with zero attached hydrogens (tertiary/aromatic N) is 2. The molecule has 2 aromatic rings. The standard InChI is InChI=1S/C18H13F3N4O5/c19-18(20,21)17(22-14(26)12-7-4-8-13(9-12)25(29)30)15(27)24(16(28)23-17)10-11-5-2-1-3-6-11/h1-9H,10H2,(H,22,26)(H,23,28)/t17-/m0/s1. The normalized spacial score (nSPS) is 18.8. The number of hydrogen-bond acceptors (Lipinski definition) is 5. The second-order valence-electron chi connectivity index (χ2n) is 6.32. The fourth-order valence-electron chi connectivity index (χ4n) is 2.84. The van der Waals surface area contributed by atoms with Crippen LogP contribution in [0, 0.1) is 10.1 Å². The van der Waals surface area contributed by atoms with Gasteiger partial charge >= 0.3 is 12.2 Å². The summed E-state index contributed by atoms with van der Waals surface area (Å²) in [4.78, 5) is 47.5. The van der Waals surface area contributed by atoms with Crippen LogP contribution >= 0.6 is 0 Å². The van der Waals surface area contributed by atoms with Crippen LogP contribution in [-0.4, -0.2) is 39.5 Å². The van der Waals surface area contributed by atoms with Gasteiger partial charge in [-0.25, -0.2) is 4.79 Å². The molecule has 0 aromatic heterocycles. The first-order valence-corrected chi connectivity index (χ1v) is 8.37. The van der Waals surface area contributed by atoms with Crippen molar-refractivity contribution in [1.82, 2.24) is 15.5 Å². The van der Waals surface area contributed by atoms with Crippen molar-refractivity contribution < 1.29 is 32.5 Å². The Morgan fingerprint density at radius 2 is 1.80 bits per heavy atom. The predicted octanol–water partition coefficient (Wildman–Crippen LogP) is 2.34. The van der Waals surface area contributed by atoms with E-state index in [0.29, 0.717) is 10.5 Å². The van der Waals surface area contributed by atoms with Gasteiger partial charge in [-0.05, 0) is 11.6 Å². The van der Waals surface area contributed by atoms with Gasteiger partial charge in [-0.3, -0.25) is 29.9 Å². The summed E-state index contributed by atoms with van der Waals surface area (Å²) in [6, 6.07) is 10.4. The zero-order valence-corrected chi connectivity index (χ0v) is 15.0. The number of carbonyl (C=O) groups excluding carboxylic acids is 3. The van der Waals surface area contributed by atoms with Crippen molar-refractivity contribution in [1.29, 1.82) is 0 Å². The van der Waals surface area contributed by atoms with E-state index in [-0.39, 0.29) is 0 Å². The van der Waals surface area contributed by atoms with Crippen LogP contribution in [-0.2, 0) is 11.3 Å². The molecule has 9 nitrogen and oxygen atoms in total. The van der Waals surface area contributed by atoms with Crippen molar-refractivity contribution in [3.63, 3.8) is 0 Å². The second-order valence-corrected chi connectivity index (χ2v) is 6.32. The average Bonchev–Trinajstić information content (AvgIpc) is 2.94.